The van der Waals surface area contributed by atoms with E-state index in [2.05, 4.69) is 43.7 Å². The van der Waals surface area contributed by atoms with E-state index in [1.54, 1.807) is 17.2 Å². The van der Waals surface area contributed by atoms with Crippen LogP contribution >= 0.6 is 9.24 Å². The number of nitrogens with one attached hydrogen (secondary N) is 1. The SMILES string of the molecule is O=C(NCCCCN1CCC2(CCc3ccccc32)CC1)c1cc(F)cc(P)c1. The molecule has 0 aromatic heterocycles. The maximum Gasteiger partial charge on any atom is 0.251 e. The largest absolute Gasteiger partial charge is 0.352 e. The molecule has 1 heterocycles. The van der Waals surface area contributed by atoms with E-state index in [0.29, 0.717) is 22.8 Å². The smallest absolute Gasteiger partial charge is 0.251 e. The van der Waals surface area contributed by atoms with Gasteiger partial charge in [0.2, 0.25) is 0 Å². The number of halogens is 1. The zero-order valence-electron chi connectivity index (χ0n) is 16.9. The van der Waals surface area contributed by atoms with Gasteiger partial charge in [-0.2, -0.15) is 0 Å². The highest BCUT2D eigenvalue weighted by Crippen LogP contribution is 2.46. The number of amides is 1. The third kappa shape index (κ3) is 4.70. The number of hydrogen-bond acceptors (Lipinski definition) is 2. The van der Waals surface area contributed by atoms with Crippen molar-refractivity contribution in [2.45, 2.75) is 43.9 Å². The summed E-state index contributed by atoms with van der Waals surface area (Å²) in [5.41, 5.74) is 3.97. The summed E-state index contributed by atoms with van der Waals surface area (Å²) in [6.45, 7) is 4.05. The number of piperidine rings is 1. The van der Waals surface area contributed by atoms with Crippen LogP contribution in [0.5, 0.6) is 0 Å². The van der Waals surface area contributed by atoms with Crippen LogP contribution in [0.4, 0.5) is 4.39 Å². The van der Waals surface area contributed by atoms with Crippen molar-refractivity contribution in [2.24, 2.45) is 0 Å². The number of rotatable bonds is 6. The van der Waals surface area contributed by atoms with E-state index in [9.17, 15) is 9.18 Å². The Kier molecular flexibility index (Phi) is 6.32. The number of unbranched alkanes of at least 4 members (excludes halogenated alkanes) is 1. The van der Waals surface area contributed by atoms with Crippen LogP contribution in [0.25, 0.3) is 0 Å². The first-order valence-corrected chi connectivity index (χ1v) is 11.3. The first-order valence-electron chi connectivity index (χ1n) is 10.7. The Labute approximate surface area is 175 Å². The van der Waals surface area contributed by atoms with E-state index in [1.807, 2.05) is 0 Å². The minimum atomic E-state index is -0.379. The van der Waals surface area contributed by atoms with Crippen LogP contribution in [0.1, 0.15) is 53.6 Å². The molecule has 1 spiro atoms. The molecule has 1 unspecified atom stereocenters. The fraction of sp³-hybridized carbons (Fsp3) is 0.458. The van der Waals surface area contributed by atoms with Crippen LogP contribution in [0.15, 0.2) is 42.5 Å². The number of fused-ring (bicyclic) bond motifs is 2. The molecular weight excluding hydrogens is 382 g/mol. The molecule has 1 atom stereocenters. The van der Waals surface area contributed by atoms with Crippen molar-refractivity contribution in [1.29, 1.82) is 0 Å². The van der Waals surface area contributed by atoms with Gasteiger partial charge in [-0.25, -0.2) is 4.39 Å². The number of carbonyl (C=O) groups excluding carboxylic acids is 1. The Morgan fingerprint density at radius 2 is 1.90 bits per heavy atom. The Morgan fingerprint density at radius 3 is 2.69 bits per heavy atom. The summed E-state index contributed by atoms with van der Waals surface area (Å²) in [5.74, 6) is -0.580. The van der Waals surface area contributed by atoms with Gasteiger partial charge in [0.15, 0.2) is 0 Å². The molecule has 2 aromatic rings. The van der Waals surface area contributed by atoms with Crippen molar-refractivity contribution in [3.8, 4) is 0 Å². The molecule has 1 N–H and O–H groups in total. The van der Waals surface area contributed by atoms with Gasteiger partial charge in [0.1, 0.15) is 5.82 Å². The fourth-order valence-electron chi connectivity index (χ4n) is 5.00. The number of aryl methyl sites for hydroxylation is 1. The molecule has 0 bridgehead atoms. The van der Waals surface area contributed by atoms with Gasteiger partial charge in [-0.15, -0.1) is 9.24 Å². The molecule has 29 heavy (non-hydrogen) atoms. The van der Waals surface area contributed by atoms with Gasteiger partial charge < -0.3 is 10.2 Å². The van der Waals surface area contributed by atoms with Gasteiger partial charge in [-0.05, 0) is 98.2 Å². The number of carbonyl (C=O) groups is 1. The molecule has 1 amide bonds. The van der Waals surface area contributed by atoms with Crippen molar-refractivity contribution in [3.05, 3.63) is 65.0 Å². The molecule has 154 valence electrons. The van der Waals surface area contributed by atoms with Gasteiger partial charge in [-0.1, -0.05) is 24.3 Å². The summed E-state index contributed by atoms with van der Waals surface area (Å²) in [5, 5.41) is 3.59. The number of hydrogen-bond donors (Lipinski definition) is 1. The monoisotopic (exact) mass is 412 g/mol. The molecular formula is C24H30FN2OP. The Hall–Kier alpha value is -1.77. The maximum atomic E-state index is 13.4. The van der Waals surface area contributed by atoms with Gasteiger partial charge in [0, 0.05) is 12.1 Å². The summed E-state index contributed by atoms with van der Waals surface area (Å²) < 4.78 is 13.4. The summed E-state index contributed by atoms with van der Waals surface area (Å²) in [7, 11) is 2.43. The Bertz CT molecular complexity index is 857. The highest BCUT2D eigenvalue weighted by atomic mass is 31.0. The molecule has 1 saturated heterocycles. The third-order valence-electron chi connectivity index (χ3n) is 6.64. The second-order valence-electron chi connectivity index (χ2n) is 8.52. The predicted octanol–water partition coefficient (Wildman–Crippen LogP) is 3.82. The van der Waals surface area contributed by atoms with Crippen LogP contribution in [-0.4, -0.2) is 37.0 Å². The zero-order valence-corrected chi connectivity index (χ0v) is 18.1. The average Bonchev–Trinajstić information content (AvgIpc) is 3.07. The van der Waals surface area contributed by atoms with Crippen LogP contribution in [0.2, 0.25) is 0 Å². The van der Waals surface area contributed by atoms with Gasteiger partial charge in [-0.3, -0.25) is 4.79 Å². The lowest BCUT2D eigenvalue weighted by atomic mass is 9.74. The molecule has 1 aliphatic carbocycles. The highest BCUT2D eigenvalue weighted by Gasteiger charge is 2.40. The van der Waals surface area contributed by atoms with Crippen molar-refractivity contribution in [1.82, 2.24) is 10.2 Å². The van der Waals surface area contributed by atoms with Crippen LogP contribution < -0.4 is 10.6 Å². The Balaban J connectivity index is 1.17. The van der Waals surface area contributed by atoms with Gasteiger partial charge >= 0.3 is 0 Å². The molecule has 2 aliphatic rings. The zero-order chi connectivity index (χ0) is 20.3. The summed E-state index contributed by atoms with van der Waals surface area (Å²) in [4.78, 5) is 14.7. The average molecular weight is 412 g/mol. The molecule has 0 radical (unpaired) electrons. The molecule has 1 aliphatic heterocycles. The maximum absolute atomic E-state index is 13.4. The highest BCUT2D eigenvalue weighted by molar-refractivity contribution is 7.27. The standard InChI is InChI=1S/C24H30FN2OP/c25-20-15-19(16-21(29)17-20)23(28)26-11-3-4-12-27-13-9-24(10-14-27)8-7-18-5-1-2-6-22(18)24/h1-2,5-6,15-17H,3-4,7-14,29H2,(H,26,28). The number of likely N-dealkylation sites (tertiary alicyclic amines) is 1. The number of benzene rings is 2. The van der Waals surface area contributed by atoms with Crippen molar-refractivity contribution in [3.63, 3.8) is 0 Å². The second kappa shape index (κ2) is 8.93. The topological polar surface area (TPSA) is 32.3 Å². The summed E-state index contributed by atoms with van der Waals surface area (Å²) >= 11 is 0. The molecule has 4 rings (SSSR count). The number of nitrogens with zero attached hydrogens (tertiary/aromatic N) is 1. The quantitative estimate of drug-likeness (QED) is 0.578. The minimum Gasteiger partial charge on any atom is -0.352 e. The third-order valence-corrected chi connectivity index (χ3v) is 6.98. The van der Waals surface area contributed by atoms with E-state index in [0.717, 1.165) is 19.4 Å². The van der Waals surface area contributed by atoms with E-state index in [1.165, 1.54) is 50.9 Å². The molecule has 1 fully saturated rings. The first-order chi connectivity index (χ1) is 14.1. The molecule has 0 saturated carbocycles. The van der Waals surface area contributed by atoms with E-state index in [-0.39, 0.29) is 11.7 Å². The first kappa shape index (κ1) is 20.5. The van der Waals surface area contributed by atoms with Crippen molar-refractivity contribution in [2.75, 3.05) is 26.2 Å². The lowest BCUT2D eigenvalue weighted by molar-refractivity contribution is 0.0951. The second-order valence-corrected chi connectivity index (χ2v) is 9.18. The van der Waals surface area contributed by atoms with E-state index in [4.69, 9.17) is 0 Å². The minimum absolute atomic E-state index is 0.201. The predicted molar refractivity (Wildman–Crippen MR) is 119 cm³/mol. The van der Waals surface area contributed by atoms with Crippen LogP contribution in [0.3, 0.4) is 0 Å². The molecule has 3 nitrogen and oxygen atoms in total. The van der Waals surface area contributed by atoms with Crippen molar-refractivity contribution < 1.29 is 9.18 Å². The molecule has 5 heteroatoms. The summed E-state index contributed by atoms with van der Waals surface area (Å²) in [6.07, 6.45) is 7.08. The normalized spacial score (nSPS) is 18.0. The molecule has 2 aromatic carbocycles. The fourth-order valence-corrected chi connectivity index (χ4v) is 5.33. The van der Waals surface area contributed by atoms with E-state index < -0.39 is 0 Å². The van der Waals surface area contributed by atoms with Crippen molar-refractivity contribution >= 4 is 20.5 Å². The van der Waals surface area contributed by atoms with E-state index >= 15 is 0 Å². The lowest BCUT2D eigenvalue weighted by Gasteiger charge is -2.40. The lowest BCUT2D eigenvalue weighted by Crippen LogP contribution is -2.42. The van der Waals surface area contributed by atoms with Gasteiger partial charge in [0.05, 0.1) is 0 Å². The van der Waals surface area contributed by atoms with Crippen LogP contribution in [0, 0.1) is 5.82 Å². The Morgan fingerprint density at radius 1 is 1.10 bits per heavy atom. The van der Waals surface area contributed by atoms with Gasteiger partial charge in [0.25, 0.3) is 5.91 Å². The van der Waals surface area contributed by atoms with Crippen LogP contribution in [-0.2, 0) is 11.8 Å². The summed E-state index contributed by atoms with van der Waals surface area (Å²) in [6, 6.07) is 13.4.